The third-order valence-corrected chi connectivity index (χ3v) is 3.76. The second-order valence-corrected chi connectivity index (χ2v) is 7.06. The van der Waals surface area contributed by atoms with Crippen LogP contribution in [0.2, 0.25) is 0 Å². The van der Waals surface area contributed by atoms with E-state index in [2.05, 4.69) is 43.8 Å². The Kier molecular flexibility index (Phi) is 4.97. The number of anilines is 1. The first-order valence-corrected chi connectivity index (χ1v) is 7.10. The number of benzene rings is 1. The van der Waals surface area contributed by atoms with Crippen molar-refractivity contribution in [1.29, 1.82) is 0 Å². The molecule has 0 radical (unpaired) electrons. The molecule has 0 spiro atoms. The Bertz CT molecular complexity index is 429. The lowest BCUT2D eigenvalue weighted by molar-refractivity contribution is -0.119. The normalized spacial score (nSPS) is 13.3. The highest BCUT2D eigenvalue weighted by atomic mass is 127. The van der Waals surface area contributed by atoms with Gasteiger partial charge in [0.15, 0.2) is 0 Å². The Labute approximate surface area is 124 Å². The van der Waals surface area contributed by atoms with Crippen molar-refractivity contribution >= 4 is 50.1 Å². The molecule has 1 atom stereocenters. The van der Waals surface area contributed by atoms with E-state index in [0.29, 0.717) is 0 Å². The molecule has 0 fully saturated rings. The molecule has 1 unspecified atom stereocenters. The molecule has 0 saturated carbocycles. The summed E-state index contributed by atoms with van der Waals surface area (Å²) in [6, 6.07) is 5.23. The number of nitrogens with two attached hydrogens (primary N) is 1. The van der Waals surface area contributed by atoms with Crippen molar-refractivity contribution in [3.05, 3.63) is 26.2 Å². The minimum absolute atomic E-state index is 0.166. The number of rotatable bonds is 2. The molecular formula is C12H16BrIN2O. The largest absolute Gasteiger partial charge is 0.324 e. The zero-order valence-corrected chi connectivity index (χ0v) is 13.8. The van der Waals surface area contributed by atoms with Crippen LogP contribution >= 0.6 is 38.5 Å². The number of carbonyl (C=O) groups excluding carboxylic acids is 1. The number of halogens is 2. The molecule has 0 aliphatic carbocycles. The molecule has 0 aliphatic heterocycles. The van der Waals surface area contributed by atoms with Crippen molar-refractivity contribution < 1.29 is 4.79 Å². The molecule has 0 heterocycles. The first-order valence-electron chi connectivity index (χ1n) is 5.23. The summed E-state index contributed by atoms with van der Waals surface area (Å²) >= 11 is 5.60. The predicted octanol–water partition coefficient (Wildman–Crippen LogP) is 3.37. The summed E-state index contributed by atoms with van der Waals surface area (Å²) in [5.74, 6) is -0.166. The third kappa shape index (κ3) is 4.22. The highest BCUT2D eigenvalue weighted by Gasteiger charge is 2.27. The van der Waals surface area contributed by atoms with Crippen molar-refractivity contribution in [3.8, 4) is 0 Å². The Hall–Kier alpha value is -0.140. The maximum Gasteiger partial charge on any atom is 0.241 e. The summed E-state index contributed by atoms with van der Waals surface area (Å²) in [7, 11) is 0. The molecule has 1 amide bonds. The molecule has 1 aromatic carbocycles. The second kappa shape index (κ2) is 5.67. The Morgan fingerprint density at radius 1 is 1.47 bits per heavy atom. The van der Waals surface area contributed by atoms with Crippen molar-refractivity contribution in [2.45, 2.75) is 26.8 Å². The Balaban J connectivity index is 2.85. The van der Waals surface area contributed by atoms with Gasteiger partial charge in [-0.1, -0.05) is 20.8 Å². The van der Waals surface area contributed by atoms with Gasteiger partial charge in [0.2, 0.25) is 5.91 Å². The first kappa shape index (κ1) is 14.9. The Morgan fingerprint density at radius 3 is 2.59 bits per heavy atom. The number of amides is 1. The van der Waals surface area contributed by atoms with E-state index >= 15 is 0 Å². The summed E-state index contributed by atoms with van der Waals surface area (Å²) in [4.78, 5) is 12.0. The lowest BCUT2D eigenvalue weighted by Gasteiger charge is -2.26. The van der Waals surface area contributed by atoms with Crippen LogP contribution in [0.4, 0.5) is 5.69 Å². The molecule has 5 heteroatoms. The van der Waals surface area contributed by atoms with E-state index in [4.69, 9.17) is 5.73 Å². The van der Waals surface area contributed by atoms with Gasteiger partial charge in [-0.3, -0.25) is 4.79 Å². The van der Waals surface area contributed by atoms with Crippen LogP contribution in [0.25, 0.3) is 0 Å². The van der Waals surface area contributed by atoms with E-state index in [0.717, 1.165) is 13.7 Å². The molecule has 3 nitrogen and oxygen atoms in total. The number of hydrogen-bond acceptors (Lipinski definition) is 2. The summed E-state index contributed by atoms with van der Waals surface area (Å²) < 4.78 is 1.91. The van der Waals surface area contributed by atoms with Crippen molar-refractivity contribution in [1.82, 2.24) is 0 Å². The second-order valence-electron chi connectivity index (χ2n) is 4.96. The predicted molar refractivity (Wildman–Crippen MR) is 82.9 cm³/mol. The molecule has 0 saturated heterocycles. The van der Waals surface area contributed by atoms with E-state index in [-0.39, 0.29) is 11.3 Å². The summed E-state index contributed by atoms with van der Waals surface area (Å²) in [6.07, 6.45) is 0. The first-order chi connectivity index (χ1) is 7.71. The zero-order chi connectivity index (χ0) is 13.2. The minimum atomic E-state index is -0.535. The topological polar surface area (TPSA) is 55.1 Å². The molecule has 0 aliphatic rings. The average Bonchev–Trinajstić information content (AvgIpc) is 2.21. The van der Waals surface area contributed by atoms with Gasteiger partial charge >= 0.3 is 0 Å². The fraction of sp³-hybridized carbons (Fsp3) is 0.417. The van der Waals surface area contributed by atoms with Gasteiger partial charge in [-0.15, -0.1) is 0 Å². The van der Waals surface area contributed by atoms with Crippen LogP contribution < -0.4 is 11.1 Å². The SMILES string of the molecule is CC(C)(C)C(N)C(=O)Nc1cc(I)ccc1Br. The average molecular weight is 411 g/mol. The van der Waals surface area contributed by atoms with Crippen molar-refractivity contribution in [3.63, 3.8) is 0 Å². The summed E-state index contributed by atoms with van der Waals surface area (Å²) in [5, 5.41) is 2.84. The fourth-order valence-electron chi connectivity index (χ4n) is 1.20. The van der Waals surface area contributed by atoms with Crippen LogP contribution in [0.5, 0.6) is 0 Å². The molecule has 1 aromatic rings. The van der Waals surface area contributed by atoms with Crippen molar-refractivity contribution in [2.75, 3.05) is 5.32 Å². The number of hydrogen-bond donors (Lipinski definition) is 2. The number of nitrogens with one attached hydrogen (secondary N) is 1. The minimum Gasteiger partial charge on any atom is -0.324 e. The van der Waals surface area contributed by atoms with Crippen LogP contribution in [0.1, 0.15) is 20.8 Å². The molecule has 1 rings (SSSR count). The maximum atomic E-state index is 12.0. The zero-order valence-electron chi connectivity index (χ0n) is 10.1. The number of carbonyl (C=O) groups is 1. The lowest BCUT2D eigenvalue weighted by atomic mass is 9.87. The van der Waals surface area contributed by atoms with Crippen molar-refractivity contribution in [2.24, 2.45) is 11.1 Å². The van der Waals surface area contributed by atoms with E-state index in [1.54, 1.807) is 0 Å². The van der Waals surface area contributed by atoms with Gasteiger partial charge in [-0.25, -0.2) is 0 Å². The van der Waals surface area contributed by atoms with E-state index < -0.39 is 6.04 Å². The standard InChI is InChI=1S/C12H16BrIN2O/c1-12(2,3)10(15)11(17)16-9-6-7(14)4-5-8(9)13/h4-6,10H,15H2,1-3H3,(H,16,17). The van der Waals surface area contributed by atoms with Crippen LogP contribution in [0.15, 0.2) is 22.7 Å². The summed E-state index contributed by atoms with van der Waals surface area (Å²) in [6.45, 7) is 5.84. The van der Waals surface area contributed by atoms with Gasteiger partial charge in [0, 0.05) is 8.04 Å². The molecule has 3 N–H and O–H groups in total. The summed E-state index contributed by atoms with van der Waals surface area (Å²) in [5.41, 5.74) is 6.40. The van der Waals surface area contributed by atoms with Gasteiger partial charge < -0.3 is 11.1 Å². The molecule has 17 heavy (non-hydrogen) atoms. The molecule has 94 valence electrons. The smallest absolute Gasteiger partial charge is 0.241 e. The molecule has 0 aromatic heterocycles. The van der Waals surface area contributed by atoms with E-state index in [1.807, 2.05) is 39.0 Å². The lowest BCUT2D eigenvalue weighted by Crippen LogP contribution is -2.45. The fourth-order valence-corrected chi connectivity index (χ4v) is 2.03. The monoisotopic (exact) mass is 410 g/mol. The van der Waals surface area contributed by atoms with Crippen LogP contribution in [-0.2, 0) is 4.79 Å². The van der Waals surface area contributed by atoms with Crippen LogP contribution in [-0.4, -0.2) is 11.9 Å². The van der Waals surface area contributed by atoms with Crippen LogP contribution in [0.3, 0.4) is 0 Å². The molecule has 0 bridgehead atoms. The van der Waals surface area contributed by atoms with Gasteiger partial charge in [0.05, 0.1) is 11.7 Å². The van der Waals surface area contributed by atoms with Gasteiger partial charge in [-0.05, 0) is 62.1 Å². The molecular weight excluding hydrogens is 395 g/mol. The quantitative estimate of drug-likeness (QED) is 0.734. The van der Waals surface area contributed by atoms with Crippen LogP contribution in [0, 0.1) is 8.99 Å². The van der Waals surface area contributed by atoms with Gasteiger partial charge in [0.1, 0.15) is 0 Å². The Morgan fingerprint density at radius 2 is 2.06 bits per heavy atom. The maximum absolute atomic E-state index is 12.0. The van der Waals surface area contributed by atoms with Gasteiger partial charge in [-0.2, -0.15) is 0 Å². The van der Waals surface area contributed by atoms with E-state index in [9.17, 15) is 4.79 Å². The van der Waals surface area contributed by atoms with E-state index in [1.165, 1.54) is 0 Å². The highest BCUT2D eigenvalue weighted by Crippen LogP contribution is 2.26. The highest BCUT2D eigenvalue weighted by molar-refractivity contribution is 14.1. The van der Waals surface area contributed by atoms with Gasteiger partial charge in [0.25, 0.3) is 0 Å². The third-order valence-electron chi connectivity index (χ3n) is 2.40.